The zero-order chi connectivity index (χ0) is 13.4. The van der Waals surface area contributed by atoms with Crippen LogP contribution in [-0.4, -0.2) is 55.4 Å². The molecule has 18 heavy (non-hydrogen) atoms. The Kier molecular flexibility index (Phi) is 7.14. The lowest BCUT2D eigenvalue weighted by atomic mass is 10.2. The third-order valence-electron chi connectivity index (χ3n) is 3.42. The van der Waals surface area contributed by atoms with E-state index >= 15 is 0 Å². The van der Waals surface area contributed by atoms with Gasteiger partial charge in [-0.15, -0.1) is 0 Å². The van der Waals surface area contributed by atoms with E-state index in [0.717, 1.165) is 44.9 Å². The molecule has 108 valence electrons. The first-order chi connectivity index (χ1) is 8.59. The van der Waals surface area contributed by atoms with Crippen molar-refractivity contribution in [2.45, 2.75) is 44.9 Å². The molecule has 0 saturated carbocycles. The Labute approximate surface area is 111 Å². The first kappa shape index (κ1) is 15.9. The van der Waals surface area contributed by atoms with Crippen LogP contribution in [0.2, 0.25) is 0 Å². The first-order valence-corrected chi connectivity index (χ1v) is 8.31. The fraction of sp³-hybridized carbons (Fsp3) is 1.00. The number of hydrogen-bond acceptors (Lipinski definition) is 3. The van der Waals surface area contributed by atoms with Crippen LogP contribution in [0.5, 0.6) is 0 Å². The van der Waals surface area contributed by atoms with Crippen LogP contribution in [0, 0.1) is 0 Å². The zero-order valence-electron chi connectivity index (χ0n) is 11.3. The molecule has 1 fully saturated rings. The van der Waals surface area contributed by atoms with Crippen molar-refractivity contribution in [2.75, 3.05) is 33.3 Å². The van der Waals surface area contributed by atoms with Gasteiger partial charge in [-0.25, -0.2) is 0 Å². The molecule has 0 spiro atoms. The molecule has 0 bridgehead atoms. The summed E-state index contributed by atoms with van der Waals surface area (Å²) in [5.41, 5.74) is 0. The monoisotopic (exact) mass is 278 g/mol. The van der Waals surface area contributed by atoms with Gasteiger partial charge < -0.3 is 5.11 Å². The molecule has 1 saturated heterocycles. The van der Waals surface area contributed by atoms with Crippen molar-refractivity contribution < 1.29 is 13.5 Å². The van der Waals surface area contributed by atoms with E-state index in [4.69, 9.17) is 5.11 Å². The van der Waals surface area contributed by atoms with Gasteiger partial charge in [0.05, 0.1) is 0 Å². The molecule has 0 aromatic carbocycles. The number of aliphatic hydroxyl groups excluding tert-OH is 1. The minimum Gasteiger partial charge on any atom is -0.396 e. The highest BCUT2D eigenvalue weighted by molar-refractivity contribution is 7.86. The van der Waals surface area contributed by atoms with Crippen LogP contribution < -0.4 is 0 Å². The van der Waals surface area contributed by atoms with Gasteiger partial charge in [0.15, 0.2) is 0 Å². The van der Waals surface area contributed by atoms with Crippen molar-refractivity contribution in [2.24, 2.45) is 0 Å². The molecule has 0 atom stereocenters. The Morgan fingerprint density at radius 1 is 1.06 bits per heavy atom. The number of aliphatic hydroxyl groups is 1. The summed E-state index contributed by atoms with van der Waals surface area (Å²) in [5, 5.41) is 8.69. The van der Waals surface area contributed by atoms with Crippen molar-refractivity contribution in [1.29, 1.82) is 0 Å². The van der Waals surface area contributed by atoms with Crippen molar-refractivity contribution in [1.82, 2.24) is 8.61 Å². The zero-order valence-corrected chi connectivity index (χ0v) is 12.2. The maximum atomic E-state index is 12.3. The largest absolute Gasteiger partial charge is 0.396 e. The summed E-state index contributed by atoms with van der Waals surface area (Å²) in [5.74, 6) is 0. The quantitative estimate of drug-likeness (QED) is 0.712. The van der Waals surface area contributed by atoms with Crippen LogP contribution in [0.25, 0.3) is 0 Å². The van der Waals surface area contributed by atoms with E-state index in [1.54, 1.807) is 11.4 Å². The molecule has 1 rings (SSSR count). The standard InChI is InChI=1S/C12H26N2O3S/c1-13(9-5-4-8-12-15)18(16,17)14-10-6-2-3-7-11-14/h15H,2-12H2,1H3. The topological polar surface area (TPSA) is 60.9 Å². The molecule has 1 aliphatic rings. The van der Waals surface area contributed by atoms with E-state index < -0.39 is 10.2 Å². The van der Waals surface area contributed by atoms with Crippen molar-refractivity contribution in [3.05, 3.63) is 0 Å². The Morgan fingerprint density at radius 3 is 2.22 bits per heavy atom. The lowest BCUT2D eigenvalue weighted by molar-refractivity contribution is 0.280. The van der Waals surface area contributed by atoms with Crippen LogP contribution in [-0.2, 0) is 10.2 Å². The third-order valence-corrected chi connectivity index (χ3v) is 5.40. The van der Waals surface area contributed by atoms with E-state index in [0.29, 0.717) is 19.6 Å². The lowest BCUT2D eigenvalue weighted by Crippen LogP contribution is -2.42. The van der Waals surface area contributed by atoms with E-state index in [9.17, 15) is 8.42 Å². The minimum absolute atomic E-state index is 0.183. The van der Waals surface area contributed by atoms with Gasteiger partial charge in [-0.3, -0.25) is 0 Å². The van der Waals surface area contributed by atoms with E-state index in [1.807, 2.05) is 0 Å². The van der Waals surface area contributed by atoms with Gasteiger partial charge in [0.25, 0.3) is 10.2 Å². The highest BCUT2D eigenvalue weighted by Gasteiger charge is 2.26. The molecule has 0 aromatic rings. The summed E-state index contributed by atoms with van der Waals surface area (Å²) in [4.78, 5) is 0. The summed E-state index contributed by atoms with van der Waals surface area (Å²) < 4.78 is 27.7. The molecule has 0 radical (unpaired) electrons. The van der Waals surface area contributed by atoms with Gasteiger partial charge in [0.1, 0.15) is 0 Å². The molecule has 0 aliphatic carbocycles. The fourth-order valence-corrected chi connectivity index (χ4v) is 3.68. The fourth-order valence-electron chi connectivity index (χ4n) is 2.21. The van der Waals surface area contributed by atoms with Crippen molar-refractivity contribution >= 4 is 10.2 Å². The van der Waals surface area contributed by atoms with Crippen LogP contribution in [0.3, 0.4) is 0 Å². The molecule has 0 unspecified atom stereocenters. The van der Waals surface area contributed by atoms with Gasteiger partial charge in [0.2, 0.25) is 0 Å². The second-order valence-electron chi connectivity index (χ2n) is 4.93. The molecule has 5 nitrogen and oxygen atoms in total. The van der Waals surface area contributed by atoms with Crippen LogP contribution in [0.4, 0.5) is 0 Å². The van der Waals surface area contributed by atoms with Gasteiger partial charge in [-0.05, 0) is 32.1 Å². The van der Waals surface area contributed by atoms with Gasteiger partial charge in [-0.2, -0.15) is 17.0 Å². The highest BCUT2D eigenvalue weighted by atomic mass is 32.2. The molecule has 0 amide bonds. The number of unbranched alkanes of at least 4 members (excludes halogenated alkanes) is 2. The predicted molar refractivity (Wildman–Crippen MR) is 72.5 cm³/mol. The molecule has 1 N–H and O–H groups in total. The third kappa shape index (κ3) is 4.84. The Morgan fingerprint density at radius 2 is 1.67 bits per heavy atom. The van der Waals surface area contributed by atoms with Gasteiger partial charge >= 0.3 is 0 Å². The predicted octanol–water partition coefficient (Wildman–Crippen LogP) is 1.20. The van der Waals surface area contributed by atoms with E-state index in [2.05, 4.69) is 0 Å². The Hall–Kier alpha value is -0.170. The smallest absolute Gasteiger partial charge is 0.281 e. The summed E-state index contributed by atoms with van der Waals surface area (Å²) in [6.07, 6.45) is 6.63. The molecule has 0 aromatic heterocycles. The number of hydrogen-bond donors (Lipinski definition) is 1. The summed E-state index contributed by atoms with van der Waals surface area (Å²) in [7, 11) is -1.62. The summed E-state index contributed by atoms with van der Waals surface area (Å²) >= 11 is 0. The SMILES string of the molecule is CN(CCCCCO)S(=O)(=O)N1CCCCCC1. The Balaban J connectivity index is 2.44. The van der Waals surface area contributed by atoms with E-state index in [-0.39, 0.29) is 6.61 Å². The maximum absolute atomic E-state index is 12.3. The average molecular weight is 278 g/mol. The normalized spacial score (nSPS) is 19.1. The molecule has 1 heterocycles. The van der Waals surface area contributed by atoms with Crippen molar-refractivity contribution in [3.8, 4) is 0 Å². The first-order valence-electron chi connectivity index (χ1n) is 6.91. The molecular formula is C12H26N2O3S. The van der Waals surface area contributed by atoms with Gasteiger partial charge in [0, 0.05) is 33.3 Å². The van der Waals surface area contributed by atoms with E-state index in [1.165, 1.54) is 4.31 Å². The van der Waals surface area contributed by atoms with Gasteiger partial charge in [-0.1, -0.05) is 12.8 Å². The lowest BCUT2D eigenvalue weighted by Gasteiger charge is -2.26. The van der Waals surface area contributed by atoms with Crippen LogP contribution in [0.1, 0.15) is 44.9 Å². The number of rotatable bonds is 7. The second kappa shape index (κ2) is 8.09. The van der Waals surface area contributed by atoms with Crippen LogP contribution in [0.15, 0.2) is 0 Å². The molecule has 6 heteroatoms. The highest BCUT2D eigenvalue weighted by Crippen LogP contribution is 2.15. The average Bonchev–Trinajstić information content (AvgIpc) is 2.63. The summed E-state index contributed by atoms with van der Waals surface area (Å²) in [6.45, 7) is 2.04. The van der Waals surface area contributed by atoms with Crippen molar-refractivity contribution in [3.63, 3.8) is 0 Å². The Bertz CT molecular complexity index is 311. The molecule has 1 aliphatic heterocycles. The minimum atomic E-state index is -3.27. The number of nitrogens with zero attached hydrogens (tertiary/aromatic N) is 2. The molecular weight excluding hydrogens is 252 g/mol. The summed E-state index contributed by atoms with van der Waals surface area (Å²) in [6, 6.07) is 0. The van der Waals surface area contributed by atoms with Crippen LogP contribution >= 0.6 is 0 Å². The maximum Gasteiger partial charge on any atom is 0.281 e. The second-order valence-corrected chi connectivity index (χ2v) is 6.96.